The lowest BCUT2D eigenvalue weighted by Crippen LogP contribution is -2.43. The van der Waals surface area contributed by atoms with Crippen LogP contribution in [0.25, 0.3) is 0 Å². The van der Waals surface area contributed by atoms with E-state index in [1.165, 1.54) is 0 Å². The molecule has 5 nitrogen and oxygen atoms in total. The van der Waals surface area contributed by atoms with E-state index < -0.39 is 15.7 Å². The fourth-order valence-electron chi connectivity index (χ4n) is 1.43. The van der Waals surface area contributed by atoms with Crippen molar-refractivity contribution in [3.8, 4) is 11.8 Å². The minimum atomic E-state index is -3.60. The maximum atomic E-state index is 11.8. The molecule has 1 rings (SSSR count). The molecular weight excluding hydrogens is 276 g/mol. The van der Waals surface area contributed by atoms with Gasteiger partial charge in [-0.3, -0.25) is 4.72 Å². The average Bonchev–Trinajstić information content (AvgIpc) is 2.28. The van der Waals surface area contributed by atoms with Crippen molar-refractivity contribution in [3.05, 3.63) is 29.8 Å². The molecule has 20 heavy (non-hydrogen) atoms. The summed E-state index contributed by atoms with van der Waals surface area (Å²) in [6.07, 6.45) is 0.421. The molecule has 1 aromatic carbocycles. The van der Waals surface area contributed by atoms with Gasteiger partial charge in [0.1, 0.15) is 0 Å². The molecule has 0 radical (unpaired) electrons. The molecule has 0 atom stereocenters. The number of anilines is 1. The van der Waals surface area contributed by atoms with Crippen LogP contribution < -0.4 is 9.44 Å². The molecule has 0 heterocycles. The van der Waals surface area contributed by atoms with Gasteiger partial charge in [-0.05, 0) is 45.0 Å². The second-order valence-electron chi connectivity index (χ2n) is 5.31. The third-order valence-electron chi connectivity index (χ3n) is 2.05. The summed E-state index contributed by atoms with van der Waals surface area (Å²) in [4.78, 5) is 0. The lowest BCUT2D eigenvalue weighted by molar-refractivity contribution is 0.305. The first kappa shape index (κ1) is 16.5. The third kappa shape index (κ3) is 6.57. The van der Waals surface area contributed by atoms with E-state index in [1.54, 1.807) is 45.0 Å². The zero-order valence-electron chi connectivity index (χ0n) is 11.9. The van der Waals surface area contributed by atoms with Crippen molar-refractivity contribution in [3.63, 3.8) is 0 Å². The van der Waals surface area contributed by atoms with Gasteiger partial charge in [-0.2, -0.15) is 13.1 Å². The van der Waals surface area contributed by atoms with Gasteiger partial charge >= 0.3 is 0 Å². The van der Waals surface area contributed by atoms with Crippen LogP contribution >= 0.6 is 0 Å². The number of aliphatic hydroxyl groups excluding tert-OH is 1. The summed E-state index contributed by atoms with van der Waals surface area (Å²) in [6, 6.07) is 6.73. The predicted molar refractivity (Wildman–Crippen MR) is 80.5 cm³/mol. The molecule has 6 heteroatoms. The lowest BCUT2D eigenvalue weighted by atomic mass is 10.1. The van der Waals surface area contributed by atoms with Crippen molar-refractivity contribution in [2.45, 2.75) is 32.7 Å². The highest BCUT2D eigenvalue weighted by Crippen LogP contribution is 2.11. The maximum absolute atomic E-state index is 11.8. The Kier molecular flexibility index (Phi) is 5.57. The Morgan fingerprint density at radius 2 is 1.80 bits per heavy atom. The Balaban J connectivity index is 2.73. The molecule has 110 valence electrons. The van der Waals surface area contributed by atoms with E-state index in [-0.39, 0.29) is 6.61 Å². The van der Waals surface area contributed by atoms with Crippen LogP contribution in [0.1, 0.15) is 32.8 Å². The Morgan fingerprint density at radius 3 is 2.30 bits per heavy atom. The fraction of sp³-hybridized carbons (Fsp3) is 0.429. The van der Waals surface area contributed by atoms with Crippen molar-refractivity contribution in [2.24, 2.45) is 0 Å². The largest absolute Gasteiger partial charge is 0.395 e. The van der Waals surface area contributed by atoms with Crippen LogP contribution in [-0.2, 0) is 10.2 Å². The van der Waals surface area contributed by atoms with E-state index in [0.29, 0.717) is 12.1 Å². The standard InChI is InChI=1S/C14H20N2O3S/c1-14(2,3)16-20(18,19)15-13-9-7-12(8-10-13)6-4-5-11-17/h7-10,15-17H,5,11H2,1-3H3. The first-order chi connectivity index (χ1) is 9.22. The first-order valence-corrected chi connectivity index (χ1v) is 7.72. The van der Waals surface area contributed by atoms with Gasteiger partial charge in [0.05, 0.1) is 6.61 Å². The van der Waals surface area contributed by atoms with Crippen molar-refractivity contribution in [1.82, 2.24) is 4.72 Å². The zero-order valence-corrected chi connectivity index (χ0v) is 12.7. The van der Waals surface area contributed by atoms with Gasteiger partial charge in [0, 0.05) is 23.2 Å². The summed E-state index contributed by atoms with van der Waals surface area (Å²) < 4.78 is 28.6. The highest BCUT2D eigenvalue weighted by molar-refractivity contribution is 7.90. The average molecular weight is 296 g/mol. The lowest BCUT2D eigenvalue weighted by Gasteiger charge is -2.20. The number of hydrogen-bond donors (Lipinski definition) is 3. The molecule has 0 saturated carbocycles. The SMILES string of the molecule is CC(C)(C)NS(=O)(=O)Nc1ccc(C#CCCO)cc1. The summed E-state index contributed by atoms with van der Waals surface area (Å²) in [7, 11) is -3.60. The van der Waals surface area contributed by atoms with Gasteiger partial charge < -0.3 is 5.11 Å². The van der Waals surface area contributed by atoms with Crippen LogP contribution in [0.2, 0.25) is 0 Å². The number of rotatable bonds is 4. The van der Waals surface area contributed by atoms with E-state index in [0.717, 1.165) is 5.56 Å². The molecule has 0 bridgehead atoms. The van der Waals surface area contributed by atoms with Gasteiger partial charge in [0.2, 0.25) is 0 Å². The molecule has 3 N–H and O–H groups in total. The van der Waals surface area contributed by atoms with Crippen LogP contribution in [0, 0.1) is 11.8 Å². The minimum absolute atomic E-state index is 0.0311. The fourth-order valence-corrected chi connectivity index (χ4v) is 2.73. The number of nitrogens with one attached hydrogen (secondary N) is 2. The molecule has 0 amide bonds. The van der Waals surface area contributed by atoms with Crippen LogP contribution in [0.15, 0.2) is 24.3 Å². The third-order valence-corrected chi connectivity index (χ3v) is 3.43. The number of benzene rings is 1. The normalized spacial score (nSPS) is 11.6. The molecule has 0 unspecified atom stereocenters. The van der Waals surface area contributed by atoms with Crippen LogP contribution in [-0.4, -0.2) is 25.7 Å². The molecule has 1 aromatic rings. The van der Waals surface area contributed by atoms with E-state index in [4.69, 9.17) is 5.11 Å². The first-order valence-electron chi connectivity index (χ1n) is 6.23. The van der Waals surface area contributed by atoms with E-state index >= 15 is 0 Å². The molecule has 0 aliphatic heterocycles. The molecular formula is C14H20N2O3S. The van der Waals surface area contributed by atoms with Crippen molar-refractivity contribution in [1.29, 1.82) is 0 Å². The van der Waals surface area contributed by atoms with E-state index in [2.05, 4.69) is 21.3 Å². The number of aliphatic hydroxyl groups is 1. The summed E-state index contributed by atoms with van der Waals surface area (Å²) >= 11 is 0. The molecule has 0 aromatic heterocycles. The highest BCUT2D eigenvalue weighted by Gasteiger charge is 2.19. The van der Waals surface area contributed by atoms with Gasteiger partial charge in [-0.1, -0.05) is 11.8 Å². The Hall–Kier alpha value is -1.55. The number of hydrogen-bond acceptors (Lipinski definition) is 3. The summed E-state index contributed by atoms with van der Waals surface area (Å²) in [5, 5.41) is 8.62. The van der Waals surface area contributed by atoms with Gasteiger partial charge in [-0.25, -0.2) is 0 Å². The highest BCUT2D eigenvalue weighted by atomic mass is 32.2. The molecule has 0 saturated heterocycles. The van der Waals surface area contributed by atoms with Crippen LogP contribution in [0.4, 0.5) is 5.69 Å². The monoisotopic (exact) mass is 296 g/mol. The van der Waals surface area contributed by atoms with Crippen molar-refractivity contribution >= 4 is 15.9 Å². The summed E-state index contributed by atoms with van der Waals surface area (Å²) in [6.45, 7) is 5.34. The predicted octanol–water partition coefficient (Wildman–Crippen LogP) is 1.47. The van der Waals surface area contributed by atoms with E-state index in [9.17, 15) is 8.42 Å². The Labute approximate surface area is 120 Å². The minimum Gasteiger partial charge on any atom is -0.395 e. The molecule has 0 fully saturated rings. The molecule has 0 aliphatic rings. The second kappa shape index (κ2) is 6.75. The summed E-state index contributed by atoms with van der Waals surface area (Å²) in [5.41, 5.74) is 0.696. The van der Waals surface area contributed by atoms with Gasteiger partial charge in [0.15, 0.2) is 0 Å². The van der Waals surface area contributed by atoms with Crippen molar-refractivity contribution in [2.75, 3.05) is 11.3 Å². The molecule has 0 spiro atoms. The van der Waals surface area contributed by atoms with Gasteiger partial charge in [0.25, 0.3) is 10.2 Å². The maximum Gasteiger partial charge on any atom is 0.299 e. The smallest absolute Gasteiger partial charge is 0.299 e. The Bertz CT molecular complexity index is 590. The van der Waals surface area contributed by atoms with Crippen molar-refractivity contribution < 1.29 is 13.5 Å². The van der Waals surface area contributed by atoms with Crippen LogP contribution in [0.5, 0.6) is 0 Å². The van der Waals surface area contributed by atoms with E-state index in [1.807, 2.05) is 0 Å². The molecule has 0 aliphatic carbocycles. The quantitative estimate of drug-likeness (QED) is 0.736. The second-order valence-corrected chi connectivity index (χ2v) is 6.73. The topological polar surface area (TPSA) is 78.4 Å². The van der Waals surface area contributed by atoms with Crippen LogP contribution in [0.3, 0.4) is 0 Å². The summed E-state index contributed by atoms with van der Waals surface area (Å²) in [5.74, 6) is 5.67. The van der Waals surface area contributed by atoms with Gasteiger partial charge in [-0.15, -0.1) is 0 Å². The zero-order chi connectivity index (χ0) is 15.2. The Morgan fingerprint density at radius 1 is 1.20 bits per heavy atom.